The largest absolute Gasteiger partial charge is 0.484 e. The van der Waals surface area contributed by atoms with Crippen LogP contribution in [0.25, 0.3) is 0 Å². The Kier molecular flexibility index (Phi) is 5.57. The molecule has 156 valence electrons. The highest BCUT2D eigenvalue weighted by Crippen LogP contribution is 2.41. The highest BCUT2D eigenvalue weighted by Gasteiger charge is 2.58. The van der Waals surface area contributed by atoms with Crippen molar-refractivity contribution in [3.63, 3.8) is 0 Å². The molecule has 0 unspecified atom stereocenters. The van der Waals surface area contributed by atoms with Gasteiger partial charge in [-0.1, -0.05) is 6.42 Å². The first-order valence-corrected chi connectivity index (χ1v) is 9.40. The number of ether oxygens (including phenoxy) is 1. The quantitative estimate of drug-likeness (QED) is 0.625. The molecule has 1 aromatic heterocycles. The number of alkyl halides is 3. The van der Waals surface area contributed by atoms with Crippen LogP contribution in [-0.2, 0) is 14.4 Å². The van der Waals surface area contributed by atoms with Crippen LogP contribution in [-0.4, -0.2) is 45.4 Å². The van der Waals surface area contributed by atoms with Gasteiger partial charge in [0, 0.05) is 17.8 Å². The van der Waals surface area contributed by atoms with Crippen molar-refractivity contribution in [2.24, 2.45) is 5.73 Å². The number of halogens is 3. The van der Waals surface area contributed by atoms with Gasteiger partial charge in [-0.05, 0) is 30.5 Å². The number of thioether (sulfide) groups is 1. The van der Waals surface area contributed by atoms with Crippen LogP contribution in [0.4, 0.5) is 13.2 Å². The molecule has 2 heterocycles. The average Bonchev–Trinajstić information content (AvgIpc) is 2.57. The maximum absolute atomic E-state index is 12.6. The van der Waals surface area contributed by atoms with E-state index in [0.29, 0.717) is 17.3 Å². The lowest BCUT2D eigenvalue weighted by Gasteiger charge is -2.36. The van der Waals surface area contributed by atoms with Crippen molar-refractivity contribution in [3.8, 4) is 5.75 Å². The Morgan fingerprint density at radius 3 is 2.45 bits per heavy atom. The van der Waals surface area contributed by atoms with Crippen molar-refractivity contribution in [1.82, 2.24) is 10.3 Å². The first-order valence-electron chi connectivity index (χ1n) is 8.59. The van der Waals surface area contributed by atoms with Crippen LogP contribution in [0.3, 0.4) is 0 Å². The van der Waals surface area contributed by atoms with E-state index in [1.165, 1.54) is 6.20 Å². The van der Waals surface area contributed by atoms with Crippen molar-refractivity contribution in [1.29, 1.82) is 0 Å². The second-order valence-electron chi connectivity index (χ2n) is 6.82. The Morgan fingerprint density at radius 1 is 1.31 bits per heavy atom. The number of nitrogens with one attached hydrogen (secondary N) is 1. The number of carbonyl (C=O) groups excluding carboxylic acids is 4. The Bertz CT molecular complexity index is 872. The van der Waals surface area contributed by atoms with Gasteiger partial charge in [-0.15, -0.1) is 0 Å². The van der Waals surface area contributed by atoms with E-state index in [1.54, 1.807) is 0 Å². The fourth-order valence-electron chi connectivity index (χ4n) is 2.99. The summed E-state index contributed by atoms with van der Waals surface area (Å²) in [5.41, 5.74) is 3.07. The van der Waals surface area contributed by atoms with Gasteiger partial charge in [0.2, 0.25) is 16.1 Å². The standard InChI is InChI=1S/C17H16F3N3O5S/c18-17(19,20)7-28-11-4-10(22-6-9(11)8-2-1-3-8)13(25)23-16(5-12(21)24)14(26)29-15(16)27/h4,6,8H,1-3,5,7H2,(H2,21,24)(H,23,25). The predicted octanol–water partition coefficient (Wildman–Crippen LogP) is 1.43. The van der Waals surface area contributed by atoms with E-state index in [9.17, 15) is 32.3 Å². The Balaban J connectivity index is 1.85. The van der Waals surface area contributed by atoms with Gasteiger partial charge in [0.15, 0.2) is 12.1 Å². The highest BCUT2D eigenvalue weighted by molar-refractivity contribution is 8.30. The van der Waals surface area contributed by atoms with Crippen molar-refractivity contribution in [2.75, 3.05) is 6.61 Å². The molecule has 2 fully saturated rings. The monoisotopic (exact) mass is 431 g/mol. The molecule has 12 heteroatoms. The number of hydrogen-bond acceptors (Lipinski definition) is 7. The lowest BCUT2D eigenvalue weighted by Crippen LogP contribution is -2.66. The molecule has 1 aliphatic heterocycles. The maximum atomic E-state index is 12.6. The van der Waals surface area contributed by atoms with Crippen molar-refractivity contribution >= 4 is 33.8 Å². The smallest absolute Gasteiger partial charge is 0.422 e. The topological polar surface area (TPSA) is 128 Å². The van der Waals surface area contributed by atoms with Gasteiger partial charge in [0.25, 0.3) is 5.91 Å². The first-order chi connectivity index (χ1) is 13.5. The summed E-state index contributed by atoms with van der Waals surface area (Å²) in [7, 11) is 0. The summed E-state index contributed by atoms with van der Waals surface area (Å²) >= 11 is 0.330. The van der Waals surface area contributed by atoms with Gasteiger partial charge in [0.05, 0.1) is 6.42 Å². The molecular formula is C17H16F3N3O5S. The molecule has 3 rings (SSSR count). The van der Waals surface area contributed by atoms with Gasteiger partial charge >= 0.3 is 6.18 Å². The van der Waals surface area contributed by atoms with Gasteiger partial charge < -0.3 is 15.8 Å². The fraction of sp³-hybridized carbons (Fsp3) is 0.471. The minimum absolute atomic E-state index is 0.0183. The summed E-state index contributed by atoms with van der Waals surface area (Å²) in [6.45, 7) is -1.54. The molecule has 0 bridgehead atoms. The SMILES string of the molecule is NC(=O)CC1(NC(=O)c2cc(OCC(F)(F)F)c(C3CCC3)cn2)C(=O)SC1=O. The molecule has 29 heavy (non-hydrogen) atoms. The molecule has 0 spiro atoms. The van der Waals surface area contributed by atoms with Crippen LogP contribution in [0.1, 0.15) is 47.7 Å². The highest BCUT2D eigenvalue weighted by atomic mass is 32.2. The molecule has 0 aromatic carbocycles. The maximum Gasteiger partial charge on any atom is 0.422 e. The van der Waals surface area contributed by atoms with Crippen molar-refractivity contribution < 1.29 is 37.1 Å². The van der Waals surface area contributed by atoms with E-state index < -0.39 is 46.8 Å². The second-order valence-corrected chi connectivity index (χ2v) is 7.76. The normalized spacial score (nSPS) is 18.6. The number of amides is 2. The summed E-state index contributed by atoms with van der Waals surface area (Å²) < 4.78 is 42.6. The number of aromatic nitrogens is 1. The molecule has 0 atom stereocenters. The van der Waals surface area contributed by atoms with E-state index in [-0.39, 0.29) is 17.4 Å². The molecule has 8 nitrogen and oxygen atoms in total. The number of hydrogen-bond donors (Lipinski definition) is 2. The van der Waals surface area contributed by atoms with Crippen LogP contribution in [0.2, 0.25) is 0 Å². The molecule has 1 saturated heterocycles. The molecule has 3 N–H and O–H groups in total. The number of primary amides is 1. The first kappa shape index (κ1) is 21.1. The lowest BCUT2D eigenvalue weighted by molar-refractivity contribution is -0.153. The summed E-state index contributed by atoms with van der Waals surface area (Å²) in [5.74, 6) is -2.15. The lowest BCUT2D eigenvalue weighted by atomic mass is 9.80. The molecule has 1 saturated carbocycles. The molecular weight excluding hydrogens is 415 g/mol. The molecule has 2 aliphatic rings. The minimum atomic E-state index is -4.57. The van der Waals surface area contributed by atoms with E-state index in [2.05, 4.69) is 10.3 Å². The van der Waals surface area contributed by atoms with Gasteiger partial charge in [-0.2, -0.15) is 13.2 Å². The number of rotatable bonds is 7. The second kappa shape index (κ2) is 7.65. The summed E-state index contributed by atoms with van der Waals surface area (Å²) in [5, 5.41) is 0.643. The van der Waals surface area contributed by atoms with Crippen LogP contribution in [0, 0.1) is 0 Å². The zero-order valence-corrected chi connectivity index (χ0v) is 15.7. The number of carbonyl (C=O) groups is 4. The summed E-state index contributed by atoms with van der Waals surface area (Å²) in [6.07, 6.45) is -1.60. The molecule has 1 aromatic rings. The third kappa shape index (κ3) is 4.36. The van der Waals surface area contributed by atoms with E-state index in [4.69, 9.17) is 10.5 Å². The average molecular weight is 431 g/mol. The number of nitrogens with two attached hydrogens (primary N) is 1. The Morgan fingerprint density at radius 2 is 1.97 bits per heavy atom. The van der Waals surface area contributed by atoms with E-state index in [1.807, 2.05) is 0 Å². The Hall–Kier alpha value is -2.63. The van der Waals surface area contributed by atoms with Gasteiger partial charge in [-0.3, -0.25) is 24.2 Å². The van der Waals surface area contributed by atoms with Gasteiger partial charge in [0.1, 0.15) is 11.4 Å². The van der Waals surface area contributed by atoms with Crippen LogP contribution < -0.4 is 15.8 Å². The molecule has 1 aliphatic carbocycles. The van der Waals surface area contributed by atoms with E-state index >= 15 is 0 Å². The zero-order valence-electron chi connectivity index (χ0n) is 14.9. The third-order valence-corrected chi connectivity index (χ3v) is 5.78. The van der Waals surface area contributed by atoms with E-state index in [0.717, 1.165) is 25.3 Å². The van der Waals surface area contributed by atoms with Crippen LogP contribution in [0.15, 0.2) is 12.3 Å². The van der Waals surface area contributed by atoms with Crippen LogP contribution in [0.5, 0.6) is 5.75 Å². The van der Waals surface area contributed by atoms with Gasteiger partial charge in [-0.25, -0.2) is 0 Å². The minimum Gasteiger partial charge on any atom is -0.484 e. The van der Waals surface area contributed by atoms with Crippen molar-refractivity contribution in [3.05, 3.63) is 23.5 Å². The summed E-state index contributed by atoms with van der Waals surface area (Å²) in [6, 6.07) is 1.04. The number of nitrogens with zero attached hydrogens (tertiary/aromatic N) is 1. The Labute approximate surface area is 166 Å². The summed E-state index contributed by atoms with van der Waals surface area (Å²) in [4.78, 5) is 51.5. The number of pyridine rings is 1. The molecule has 0 radical (unpaired) electrons. The fourth-order valence-corrected chi connectivity index (χ4v) is 3.78. The van der Waals surface area contributed by atoms with Crippen LogP contribution >= 0.6 is 11.8 Å². The third-order valence-electron chi connectivity index (χ3n) is 4.71. The molecule has 2 amide bonds. The predicted molar refractivity (Wildman–Crippen MR) is 94.0 cm³/mol. The zero-order chi connectivity index (χ0) is 21.4. The van der Waals surface area contributed by atoms with Crippen molar-refractivity contribution in [2.45, 2.75) is 43.3 Å².